The van der Waals surface area contributed by atoms with Gasteiger partial charge in [-0.3, -0.25) is 9.48 Å². The predicted octanol–water partition coefficient (Wildman–Crippen LogP) is 7.76. The third-order valence-electron chi connectivity index (χ3n) is 5.77. The van der Waals surface area contributed by atoms with Crippen LogP contribution in [-0.2, 0) is 12.5 Å². The van der Waals surface area contributed by atoms with Gasteiger partial charge in [0.15, 0.2) is 17.2 Å². The molecule has 5 aromatic rings. The fourth-order valence-electron chi connectivity index (χ4n) is 3.78. The van der Waals surface area contributed by atoms with Crippen molar-refractivity contribution in [3.05, 3.63) is 98.1 Å². The molecule has 3 aromatic heterocycles. The summed E-state index contributed by atoms with van der Waals surface area (Å²) in [6, 6.07) is 10.6. The first-order valence-corrected chi connectivity index (χ1v) is 12.9. The Balaban J connectivity index is 1.49. The van der Waals surface area contributed by atoms with Crippen molar-refractivity contribution in [3.63, 3.8) is 0 Å². The van der Waals surface area contributed by atoms with Gasteiger partial charge in [0.1, 0.15) is 11.5 Å². The number of fused-ring (bicyclic) bond motifs is 1. The fraction of sp³-hybridized carbons (Fsp3) is 0.120. The van der Waals surface area contributed by atoms with Crippen molar-refractivity contribution in [2.24, 2.45) is 0 Å². The molecule has 41 heavy (non-hydrogen) atoms. The van der Waals surface area contributed by atoms with Crippen LogP contribution in [0.4, 0.5) is 32.2 Å². The maximum absolute atomic E-state index is 14.6. The van der Waals surface area contributed by atoms with Gasteiger partial charge in [0.25, 0.3) is 5.91 Å². The lowest BCUT2D eigenvalue weighted by atomic mass is 10.1. The first kappa shape index (κ1) is 28.9. The van der Waals surface area contributed by atoms with Crippen LogP contribution in [0.15, 0.2) is 65.3 Å². The summed E-state index contributed by atoms with van der Waals surface area (Å²) in [5.41, 5.74) is -2.15. The standard InChI is InChI=1S/C25H13BrCl2F6N6O/c26-16-11-39(10-13-1-4-14(27)7-17(13)28)38-22(16)36-23(41)19-9-21-35-18(12-2-5-15(29)6-3-12)8-20(40(21)37-19)24(30,31)25(32,33)34/h1-9,11H,10H2,(H,36,38,41). The Hall–Kier alpha value is -3.62. The molecule has 0 fully saturated rings. The number of rotatable bonds is 6. The number of anilines is 1. The van der Waals surface area contributed by atoms with Crippen LogP contribution in [0.1, 0.15) is 21.7 Å². The molecule has 0 radical (unpaired) electrons. The summed E-state index contributed by atoms with van der Waals surface area (Å²) >= 11 is 15.4. The van der Waals surface area contributed by atoms with Crippen LogP contribution < -0.4 is 5.32 Å². The fourth-order valence-corrected chi connectivity index (χ4v) is 4.66. The lowest BCUT2D eigenvalue weighted by Crippen LogP contribution is -2.36. The van der Waals surface area contributed by atoms with Crippen molar-refractivity contribution in [2.45, 2.75) is 18.6 Å². The summed E-state index contributed by atoms with van der Waals surface area (Å²) in [7, 11) is 0. The normalized spacial score (nSPS) is 12.2. The molecule has 3 heterocycles. The van der Waals surface area contributed by atoms with Gasteiger partial charge < -0.3 is 5.32 Å². The van der Waals surface area contributed by atoms with E-state index < -0.39 is 40.9 Å². The molecule has 0 atom stereocenters. The summed E-state index contributed by atoms with van der Waals surface area (Å²) < 4.78 is 84.6. The van der Waals surface area contributed by atoms with Gasteiger partial charge in [0, 0.05) is 27.9 Å². The van der Waals surface area contributed by atoms with Gasteiger partial charge in [0.05, 0.1) is 16.7 Å². The molecule has 16 heteroatoms. The third kappa shape index (κ3) is 5.76. The molecular formula is C25H13BrCl2F6N6O. The topological polar surface area (TPSA) is 77.1 Å². The zero-order valence-corrected chi connectivity index (χ0v) is 23.1. The second kappa shape index (κ2) is 10.7. The number of carbonyl (C=O) groups is 1. The molecule has 0 unspecified atom stereocenters. The third-order valence-corrected chi connectivity index (χ3v) is 6.94. The Morgan fingerprint density at radius 3 is 2.34 bits per heavy atom. The second-order valence-corrected chi connectivity index (χ2v) is 10.3. The molecule has 0 aliphatic heterocycles. The molecule has 2 aromatic carbocycles. The van der Waals surface area contributed by atoms with Crippen molar-refractivity contribution in [1.82, 2.24) is 24.4 Å². The van der Waals surface area contributed by atoms with Crippen molar-refractivity contribution in [3.8, 4) is 11.3 Å². The maximum Gasteiger partial charge on any atom is 0.459 e. The molecule has 212 valence electrons. The van der Waals surface area contributed by atoms with Crippen molar-refractivity contribution < 1.29 is 31.1 Å². The maximum atomic E-state index is 14.6. The minimum absolute atomic E-state index is 0.0120. The summed E-state index contributed by atoms with van der Waals surface area (Å²) in [5.74, 6) is -6.97. The minimum Gasteiger partial charge on any atom is -0.303 e. The van der Waals surface area contributed by atoms with Crippen molar-refractivity contribution in [1.29, 1.82) is 0 Å². The molecule has 1 N–H and O–H groups in total. The van der Waals surface area contributed by atoms with Crippen LogP contribution in [-0.4, -0.2) is 36.5 Å². The number of alkyl halides is 5. The SMILES string of the molecule is O=C(Nc1nn(Cc2ccc(Cl)cc2Cl)cc1Br)c1cc2nc(-c3ccc(F)cc3)cc(C(F)(F)C(F)(F)F)n2n1. The lowest BCUT2D eigenvalue weighted by molar-refractivity contribution is -0.291. The van der Waals surface area contributed by atoms with Crippen molar-refractivity contribution in [2.75, 3.05) is 5.32 Å². The van der Waals surface area contributed by atoms with Crippen LogP contribution >= 0.6 is 39.1 Å². The van der Waals surface area contributed by atoms with Gasteiger partial charge in [0.2, 0.25) is 0 Å². The average Bonchev–Trinajstić information content (AvgIpc) is 3.48. The largest absolute Gasteiger partial charge is 0.459 e. The average molecular weight is 678 g/mol. The minimum atomic E-state index is -5.99. The molecule has 5 rings (SSSR count). The highest BCUT2D eigenvalue weighted by Gasteiger charge is 2.60. The Labute approximate surface area is 244 Å². The highest BCUT2D eigenvalue weighted by atomic mass is 79.9. The Morgan fingerprint density at radius 2 is 1.68 bits per heavy atom. The van der Waals surface area contributed by atoms with E-state index >= 15 is 0 Å². The number of nitrogens with zero attached hydrogens (tertiary/aromatic N) is 5. The summed E-state index contributed by atoms with van der Waals surface area (Å²) in [4.78, 5) is 17.0. The summed E-state index contributed by atoms with van der Waals surface area (Å²) in [6.07, 6.45) is -4.46. The molecule has 7 nitrogen and oxygen atoms in total. The monoisotopic (exact) mass is 676 g/mol. The first-order valence-electron chi connectivity index (χ1n) is 11.3. The molecule has 0 bridgehead atoms. The number of aromatic nitrogens is 5. The van der Waals surface area contributed by atoms with Gasteiger partial charge in [-0.15, -0.1) is 0 Å². The quantitative estimate of drug-likeness (QED) is 0.187. The van der Waals surface area contributed by atoms with Gasteiger partial charge in [-0.25, -0.2) is 13.9 Å². The Bertz CT molecular complexity index is 1790. The molecule has 0 aliphatic rings. The van der Waals surface area contributed by atoms with E-state index in [1.807, 2.05) is 0 Å². The second-order valence-electron chi connectivity index (χ2n) is 8.62. The van der Waals surface area contributed by atoms with Gasteiger partial charge in [-0.2, -0.15) is 32.1 Å². The Morgan fingerprint density at radius 1 is 0.976 bits per heavy atom. The highest BCUT2D eigenvalue weighted by molar-refractivity contribution is 9.10. The van der Waals surface area contributed by atoms with Crippen LogP contribution in [0.5, 0.6) is 0 Å². The van der Waals surface area contributed by atoms with Crippen LogP contribution in [0.2, 0.25) is 10.0 Å². The van der Waals surface area contributed by atoms with E-state index in [4.69, 9.17) is 23.2 Å². The molecule has 0 aliphatic carbocycles. The van der Waals surface area contributed by atoms with Gasteiger partial charge >= 0.3 is 12.1 Å². The summed E-state index contributed by atoms with van der Waals surface area (Å²) in [5, 5.41) is 11.2. The van der Waals surface area contributed by atoms with Gasteiger partial charge in [-0.1, -0.05) is 29.3 Å². The number of halogens is 9. The van der Waals surface area contributed by atoms with E-state index in [9.17, 15) is 31.1 Å². The summed E-state index contributed by atoms with van der Waals surface area (Å²) in [6.45, 7) is 0.199. The zero-order chi connectivity index (χ0) is 29.7. The van der Waals surface area contributed by atoms with Crippen LogP contribution in [0.3, 0.4) is 0 Å². The Kier molecular flexibility index (Phi) is 7.51. The van der Waals surface area contributed by atoms with Crippen LogP contribution in [0, 0.1) is 5.82 Å². The lowest BCUT2D eigenvalue weighted by Gasteiger charge is -2.21. The smallest absolute Gasteiger partial charge is 0.303 e. The predicted molar refractivity (Wildman–Crippen MR) is 142 cm³/mol. The van der Waals surface area contributed by atoms with E-state index in [1.165, 1.54) is 23.0 Å². The molecule has 0 saturated carbocycles. The van der Waals surface area contributed by atoms with E-state index in [0.29, 0.717) is 26.1 Å². The number of benzene rings is 2. The van der Waals surface area contributed by atoms with E-state index in [0.717, 1.165) is 18.2 Å². The van der Waals surface area contributed by atoms with Crippen LogP contribution in [0.25, 0.3) is 16.9 Å². The zero-order valence-electron chi connectivity index (χ0n) is 20.0. The molecule has 0 spiro atoms. The molecule has 1 amide bonds. The number of hydrogen-bond acceptors (Lipinski definition) is 4. The number of carbonyl (C=O) groups excluding carboxylic acids is 1. The number of nitrogens with one attached hydrogen (secondary N) is 1. The van der Waals surface area contributed by atoms with E-state index in [-0.39, 0.29) is 28.1 Å². The van der Waals surface area contributed by atoms with E-state index in [2.05, 4.69) is 36.4 Å². The van der Waals surface area contributed by atoms with E-state index in [1.54, 1.807) is 18.2 Å². The van der Waals surface area contributed by atoms with Gasteiger partial charge in [-0.05, 0) is 64.0 Å². The van der Waals surface area contributed by atoms with Crippen molar-refractivity contribution >= 4 is 56.5 Å². The number of hydrogen-bond donors (Lipinski definition) is 1. The highest BCUT2D eigenvalue weighted by Crippen LogP contribution is 2.44. The first-order chi connectivity index (χ1) is 19.2. The molecule has 0 saturated heterocycles. The molecular weight excluding hydrogens is 665 g/mol. The number of amides is 1.